The second kappa shape index (κ2) is 11.9. The van der Waals surface area contributed by atoms with E-state index in [-0.39, 0.29) is 0 Å². The van der Waals surface area contributed by atoms with Gasteiger partial charge in [-0.2, -0.15) is 9.61 Å². The van der Waals surface area contributed by atoms with E-state index in [1.54, 1.807) is 0 Å². The summed E-state index contributed by atoms with van der Waals surface area (Å²) in [7, 11) is -2.33. The molecule has 0 bridgehead atoms. The van der Waals surface area contributed by atoms with Gasteiger partial charge in [0.15, 0.2) is 5.65 Å². The number of anilines is 1. The summed E-state index contributed by atoms with van der Waals surface area (Å²) in [6.45, 7) is 16.6. The number of fused-ring (bicyclic) bond motifs is 1. The summed E-state index contributed by atoms with van der Waals surface area (Å²) < 4.78 is 15.2. The lowest BCUT2D eigenvalue weighted by atomic mass is 9.86. The first-order chi connectivity index (χ1) is 15.9. The van der Waals surface area contributed by atoms with Gasteiger partial charge in [0.05, 0.1) is 9.77 Å². The summed E-state index contributed by atoms with van der Waals surface area (Å²) in [6, 6.07) is 4.40. The molecule has 0 aromatic carbocycles. The number of ketones is 1. The van der Waals surface area contributed by atoms with Crippen LogP contribution in [0, 0.1) is 3.57 Å². The summed E-state index contributed by atoms with van der Waals surface area (Å²) in [5, 5.41) is 4.63. The fraction of sp³-hybridized carbons (Fsp3) is 0.708. The van der Waals surface area contributed by atoms with Gasteiger partial charge in [0.25, 0.3) is 0 Å². The minimum absolute atomic E-state index is 0.301. The number of hydrogen-bond acceptors (Lipinski definition) is 6. The predicted molar refractivity (Wildman–Crippen MR) is 152 cm³/mol. The Kier molecular flexibility index (Phi) is 9.75. The Labute approximate surface area is 220 Å². The van der Waals surface area contributed by atoms with Crippen molar-refractivity contribution in [2.45, 2.75) is 83.0 Å². The van der Waals surface area contributed by atoms with Crippen molar-refractivity contribution in [3.05, 3.63) is 21.5 Å². The van der Waals surface area contributed by atoms with Crippen molar-refractivity contribution < 1.29 is 14.3 Å². The lowest BCUT2D eigenvalue weighted by Gasteiger charge is -2.28. The van der Waals surface area contributed by atoms with Crippen LogP contribution >= 0.6 is 22.6 Å². The molecule has 190 valence electrons. The third-order valence-electron chi connectivity index (χ3n) is 6.20. The Morgan fingerprint density at radius 1 is 1.03 bits per heavy atom. The molecular formula is C24H41IN4O3Si2. The number of aromatic nitrogens is 3. The molecule has 0 saturated heterocycles. The van der Waals surface area contributed by atoms with E-state index in [4.69, 9.17) is 14.5 Å². The Balaban J connectivity index is 1.84. The molecule has 10 heteroatoms. The molecular weight excluding hydrogens is 575 g/mol. The minimum atomic E-state index is -1.16. The van der Waals surface area contributed by atoms with Crippen molar-refractivity contribution in [1.82, 2.24) is 14.6 Å². The number of halogens is 1. The lowest BCUT2D eigenvalue weighted by molar-refractivity contribution is -0.120. The van der Waals surface area contributed by atoms with E-state index in [1.807, 2.05) is 10.7 Å². The number of carbonyl (C=O) groups is 1. The minimum Gasteiger partial charge on any atom is -0.361 e. The highest BCUT2D eigenvalue weighted by atomic mass is 127. The Hall–Kier alpha value is -0.826. The highest BCUT2D eigenvalue weighted by Gasteiger charge is 2.25. The second-order valence-electron chi connectivity index (χ2n) is 11.8. The second-order valence-corrected chi connectivity index (χ2v) is 24.2. The van der Waals surface area contributed by atoms with Gasteiger partial charge in [-0.25, -0.2) is 4.98 Å². The number of ether oxygens (including phenoxy) is 2. The molecule has 1 saturated carbocycles. The Bertz CT molecular complexity index is 940. The fourth-order valence-electron chi connectivity index (χ4n) is 3.88. The Morgan fingerprint density at radius 2 is 1.59 bits per heavy atom. The Morgan fingerprint density at radius 3 is 2.12 bits per heavy atom. The van der Waals surface area contributed by atoms with E-state index in [0.29, 0.717) is 38.0 Å². The molecule has 7 nitrogen and oxygen atoms in total. The average molecular weight is 617 g/mol. The standard InChI is InChI=1S/C24H41IN4O3Si2/c1-33(2,3)13-11-31-17-28(18-32-12-14-34(4,5)6)23-15-22(19-7-9-20(30)10-8-19)27-24-21(25)16-26-29(23)24/h15-16,19H,7-14,17-18H2,1-6H3. The van der Waals surface area contributed by atoms with Gasteiger partial charge in [-0.15, -0.1) is 0 Å². The van der Waals surface area contributed by atoms with Crippen molar-refractivity contribution in [3.63, 3.8) is 0 Å². The molecule has 2 aromatic rings. The molecule has 0 atom stereocenters. The van der Waals surface area contributed by atoms with Gasteiger partial charge in [0.2, 0.25) is 0 Å². The summed E-state index contributed by atoms with van der Waals surface area (Å²) in [4.78, 5) is 18.9. The van der Waals surface area contributed by atoms with Crippen molar-refractivity contribution >= 4 is 56.0 Å². The number of nitrogens with zero attached hydrogens (tertiary/aromatic N) is 4. The van der Waals surface area contributed by atoms with Crippen molar-refractivity contribution in [1.29, 1.82) is 0 Å². The molecule has 0 amide bonds. The molecule has 0 aliphatic heterocycles. The first kappa shape index (κ1) is 27.8. The maximum atomic E-state index is 11.8. The molecule has 2 aromatic heterocycles. The third kappa shape index (κ3) is 8.39. The molecule has 1 fully saturated rings. The maximum absolute atomic E-state index is 11.8. The van der Waals surface area contributed by atoms with Crippen LogP contribution in [0.5, 0.6) is 0 Å². The van der Waals surface area contributed by atoms with Gasteiger partial charge < -0.3 is 14.4 Å². The topological polar surface area (TPSA) is 69.0 Å². The van der Waals surface area contributed by atoms with E-state index >= 15 is 0 Å². The first-order valence-corrected chi connectivity index (χ1v) is 20.9. The van der Waals surface area contributed by atoms with Gasteiger partial charge in [-0.3, -0.25) is 4.79 Å². The van der Waals surface area contributed by atoms with Crippen LogP contribution in [-0.2, 0) is 14.3 Å². The van der Waals surface area contributed by atoms with Gasteiger partial charge in [0.1, 0.15) is 25.1 Å². The zero-order valence-electron chi connectivity index (χ0n) is 21.7. The first-order valence-electron chi connectivity index (χ1n) is 12.4. The van der Waals surface area contributed by atoms with Crippen molar-refractivity contribution in [2.75, 3.05) is 31.6 Å². The molecule has 34 heavy (non-hydrogen) atoms. The molecule has 0 spiro atoms. The highest BCUT2D eigenvalue weighted by Crippen LogP contribution is 2.33. The number of rotatable bonds is 12. The molecule has 3 rings (SSSR count). The smallest absolute Gasteiger partial charge is 0.171 e. The molecule has 2 heterocycles. The van der Waals surface area contributed by atoms with E-state index in [0.717, 1.165) is 58.9 Å². The van der Waals surface area contributed by atoms with Gasteiger partial charge in [0, 0.05) is 59.9 Å². The van der Waals surface area contributed by atoms with Crippen LogP contribution < -0.4 is 4.90 Å². The van der Waals surface area contributed by atoms with Gasteiger partial charge in [-0.1, -0.05) is 39.3 Å². The van der Waals surface area contributed by atoms with Crippen LogP contribution in [0.4, 0.5) is 5.82 Å². The molecule has 0 radical (unpaired) electrons. The van der Waals surface area contributed by atoms with E-state index < -0.39 is 16.1 Å². The third-order valence-corrected chi connectivity index (χ3v) is 10.4. The highest BCUT2D eigenvalue weighted by molar-refractivity contribution is 14.1. The summed E-state index contributed by atoms with van der Waals surface area (Å²) in [6.07, 6.45) is 4.88. The van der Waals surface area contributed by atoms with Gasteiger partial charge in [-0.05, 0) is 47.5 Å². The zero-order valence-corrected chi connectivity index (χ0v) is 25.9. The van der Waals surface area contributed by atoms with Gasteiger partial charge >= 0.3 is 0 Å². The number of hydrogen-bond donors (Lipinski definition) is 0. The molecule has 0 unspecified atom stereocenters. The quantitative estimate of drug-likeness (QED) is 0.126. The molecule has 1 aliphatic carbocycles. The van der Waals surface area contributed by atoms with Crippen molar-refractivity contribution in [2.24, 2.45) is 0 Å². The lowest BCUT2D eigenvalue weighted by Crippen LogP contribution is -2.33. The molecule has 0 N–H and O–H groups in total. The zero-order chi connectivity index (χ0) is 24.9. The molecule has 1 aliphatic rings. The van der Waals surface area contributed by atoms with E-state index in [9.17, 15) is 4.79 Å². The van der Waals surface area contributed by atoms with E-state index in [1.165, 1.54) is 0 Å². The predicted octanol–water partition coefficient (Wildman–Crippen LogP) is 5.99. The van der Waals surface area contributed by atoms with Crippen LogP contribution in [0.2, 0.25) is 51.4 Å². The van der Waals surface area contributed by atoms with E-state index in [2.05, 4.69) is 77.9 Å². The fourth-order valence-corrected chi connectivity index (χ4v) is 5.87. The monoisotopic (exact) mass is 616 g/mol. The van der Waals surface area contributed by atoms with Crippen LogP contribution in [0.15, 0.2) is 12.3 Å². The number of carbonyl (C=O) groups excluding carboxylic acids is 1. The van der Waals surface area contributed by atoms with Crippen LogP contribution in [0.3, 0.4) is 0 Å². The van der Waals surface area contributed by atoms with Crippen LogP contribution in [0.1, 0.15) is 37.3 Å². The number of Topliss-reactive ketones (excluding diaryl/α,β-unsaturated/α-hetero) is 1. The summed E-state index contributed by atoms with van der Waals surface area (Å²) in [5.41, 5.74) is 1.90. The van der Waals surface area contributed by atoms with Crippen LogP contribution in [0.25, 0.3) is 5.65 Å². The normalized spacial score (nSPS) is 15.9. The summed E-state index contributed by atoms with van der Waals surface area (Å²) >= 11 is 2.30. The van der Waals surface area contributed by atoms with Crippen LogP contribution in [-0.4, -0.2) is 63.2 Å². The maximum Gasteiger partial charge on any atom is 0.171 e. The SMILES string of the molecule is C[Si](C)(C)CCOCN(COCC[Si](C)(C)C)c1cc(C2CCC(=O)CC2)nc2c(I)cnn12. The van der Waals surface area contributed by atoms with Crippen molar-refractivity contribution in [3.8, 4) is 0 Å². The summed E-state index contributed by atoms with van der Waals surface area (Å²) in [5.74, 6) is 1.61. The average Bonchev–Trinajstić information content (AvgIpc) is 3.12. The largest absolute Gasteiger partial charge is 0.361 e.